The van der Waals surface area contributed by atoms with Gasteiger partial charge in [0.1, 0.15) is 0 Å². The van der Waals surface area contributed by atoms with Gasteiger partial charge in [-0.05, 0) is 57.1 Å². The lowest BCUT2D eigenvalue weighted by atomic mass is 9.90. The number of carbonyl (C=O) groups is 3. The highest BCUT2D eigenvalue weighted by Crippen LogP contribution is 2.36. The molecule has 1 saturated heterocycles. The first kappa shape index (κ1) is 22.3. The maximum Gasteiger partial charge on any atom is 0.333 e. The largest absolute Gasteiger partial charge is 0.333 e. The maximum atomic E-state index is 11.8. The van der Waals surface area contributed by atoms with Crippen molar-refractivity contribution in [3.05, 3.63) is 60.2 Å². The summed E-state index contributed by atoms with van der Waals surface area (Å²) >= 11 is 0. The summed E-state index contributed by atoms with van der Waals surface area (Å²) in [5, 5.41) is 8.66. The average molecular weight is 456 g/mol. The molecule has 0 radical (unpaired) electrons. The van der Waals surface area contributed by atoms with Crippen LogP contribution >= 0.6 is 0 Å². The van der Waals surface area contributed by atoms with Crippen LogP contribution < -0.4 is 0 Å². The molecule has 174 valence electrons. The second-order valence-corrected chi connectivity index (χ2v) is 9.25. The molecule has 1 aliphatic heterocycles. The van der Waals surface area contributed by atoms with Crippen molar-refractivity contribution in [3.63, 3.8) is 0 Å². The lowest BCUT2D eigenvalue weighted by Gasteiger charge is -2.14. The standard InChI is InChI=1S/C29H29NO4/c31-25-18-19-26(32)30(25)34-27(33)11-6-4-2-1-3-5-8-20-12-13-23-15-14-21-9-7-10-22-16-17-24(20)29(23)28(21)22/h7,9-10,12-17H,1-6,8,11,18-19H2. The molecule has 0 aromatic heterocycles. The first-order valence-electron chi connectivity index (χ1n) is 12.3. The molecule has 5 nitrogen and oxygen atoms in total. The molecule has 0 unspecified atom stereocenters. The van der Waals surface area contributed by atoms with E-state index in [1.807, 2.05) is 0 Å². The Balaban J connectivity index is 1.07. The Kier molecular flexibility index (Phi) is 6.43. The van der Waals surface area contributed by atoms with Gasteiger partial charge in [0, 0.05) is 19.3 Å². The van der Waals surface area contributed by atoms with E-state index in [4.69, 9.17) is 4.84 Å². The van der Waals surface area contributed by atoms with Crippen LogP contribution in [0.3, 0.4) is 0 Å². The normalized spacial score (nSPS) is 14.2. The Morgan fingerprint density at radius 1 is 0.706 bits per heavy atom. The molecule has 2 amide bonds. The van der Waals surface area contributed by atoms with Crippen molar-refractivity contribution in [2.45, 2.75) is 64.2 Å². The Hall–Kier alpha value is -3.47. The van der Waals surface area contributed by atoms with Crippen molar-refractivity contribution < 1.29 is 19.2 Å². The Labute approximate surface area is 199 Å². The van der Waals surface area contributed by atoms with Gasteiger partial charge >= 0.3 is 5.97 Å². The van der Waals surface area contributed by atoms with Crippen LogP contribution in [0, 0.1) is 0 Å². The lowest BCUT2D eigenvalue weighted by Crippen LogP contribution is -2.31. The number of nitrogens with zero attached hydrogens (tertiary/aromatic N) is 1. The minimum atomic E-state index is -0.502. The highest BCUT2D eigenvalue weighted by Gasteiger charge is 2.32. The smallest absolute Gasteiger partial charge is 0.330 e. The van der Waals surface area contributed by atoms with Gasteiger partial charge in [0.25, 0.3) is 11.8 Å². The fourth-order valence-corrected chi connectivity index (χ4v) is 5.11. The van der Waals surface area contributed by atoms with Gasteiger partial charge < -0.3 is 4.84 Å². The minimum Gasteiger partial charge on any atom is -0.330 e. The molecular formula is C29H29NO4. The summed E-state index contributed by atoms with van der Waals surface area (Å²) in [5.41, 5.74) is 1.42. The molecule has 0 atom stereocenters. The van der Waals surface area contributed by atoms with Crippen molar-refractivity contribution in [2.24, 2.45) is 0 Å². The van der Waals surface area contributed by atoms with E-state index in [-0.39, 0.29) is 19.3 Å². The lowest BCUT2D eigenvalue weighted by molar-refractivity contribution is -0.197. The van der Waals surface area contributed by atoms with E-state index >= 15 is 0 Å². The number of hydrogen-bond acceptors (Lipinski definition) is 4. The molecule has 34 heavy (non-hydrogen) atoms. The van der Waals surface area contributed by atoms with Gasteiger partial charge in [-0.3, -0.25) is 9.59 Å². The number of hydroxylamine groups is 2. The van der Waals surface area contributed by atoms with Gasteiger partial charge in [0.05, 0.1) is 0 Å². The molecule has 5 rings (SSSR count). The Morgan fingerprint density at radius 3 is 2.03 bits per heavy atom. The zero-order chi connectivity index (χ0) is 23.5. The van der Waals surface area contributed by atoms with Gasteiger partial charge in [-0.15, -0.1) is 5.06 Å². The fourth-order valence-electron chi connectivity index (χ4n) is 5.11. The molecule has 1 aliphatic rings. The van der Waals surface area contributed by atoms with Gasteiger partial charge in [0.15, 0.2) is 0 Å². The number of aryl methyl sites for hydroxylation is 1. The molecule has 0 bridgehead atoms. The fraction of sp³-hybridized carbons (Fsp3) is 0.345. The van der Waals surface area contributed by atoms with Crippen LogP contribution in [-0.4, -0.2) is 22.8 Å². The van der Waals surface area contributed by atoms with E-state index in [1.54, 1.807) is 0 Å². The number of rotatable bonds is 10. The monoisotopic (exact) mass is 455 g/mol. The SMILES string of the molecule is O=C(CCCCCCCCc1ccc2ccc3cccc4ccc1c2c34)ON1C(=O)CCC1=O. The van der Waals surface area contributed by atoms with E-state index in [2.05, 4.69) is 54.6 Å². The molecule has 4 aromatic rings. The van der Waals surface area contributed by atoms with Crippen molar-refractivity contribution in [3.8, 4) is 0 Å². The molecule has 4 aromatic carbocycles. The van der Waals surface area contributed by atoms with E-state index in [1.165, 1.54) is 37.9 Å². The number of unbranched alkanes of at least 4 members (excludes halogenated alkanes) is 5. The topological polar surface area (TPSA) is 63.7 Å². The number of benzene rings is 4. The Morgan fingerprint density at radius 2 is 1.29 bits per heavy atom. The molecule has 5 heteroatoms. The second-order valence-electron chi connectivity index (χ2n) is 9.25. The summed E-state index contributed by atoms with van der Waals surface area (Å²) < 4.78 is 0. The van der Waals surface area contributed by atoms with E-state index in [9.17, 15) is 14.4 Å². The molecule has 0 N–H and O–H groups in total. The van der Waals surface area contributed by atoms with E-state index in [0.29, 0.717) is 11.5 Å². The summed E-state index contributed by atoms with van der Waals surface area (Å²) in [5.74, 6) is -1.36. The van der Waals surface area contributed by atoms with Crippen molar-refractivity contribution >= 4 is 50.1 Å². The van der Waals surface area contributed by atoms with Crippen LogP contribution in [0.4, 0.5) is 0 Å². The molecular weight excluding hydrogens is 426 g/mol. The molecule has 1 heterocycles. The predicted molar refractivity (Wildman–Crippen MR) is 133 cm³/mol. The third-order valence-corrected chi connectivity index (χ3v) is 6.89. The van der Waals surface area contributed by atoms with Crippen LogP contribution in [-0.2, 0) is 25.6 Å². The number of hydrogen-bond donors (Lipinski definition) is 0. The Bertz CT molecular complexity index is 1330. The van der Waals surface area contributed by atoms with Crippen LogP contribution in [0.25, 0.3) is 32.3 Å². The van der Waals surface area contributed by atoms with Gasteiger partial charge in [-0.1, -0.05) is 80.3 Å². The van der Waals surface area contributed by atoms with Gasteiger partial charge in [-0.25, -0.2) is 4.79 Å². The van der Waals surface area contributed by atoms with Crippen molar-refractivity contribution in [2.75, 3.05) is 0 Å². The van der Waals surface area contributed by atoms with Crippen LogP contribution in [0.15, 0.2) is 54.6 Å². The van der Waals surface area contributed by atoms with Crippen molar-refractivity contribution in [1.29, 1.82) is 0 Å². The zero-order valence-electron chi connectivity index (χ0n) is 19.3. The van der Waals surface area contributed by atoms with Gasteiger partial charge in [-0.2, -0.15) is 0 Å². The van der Waals surface area contributed by atoms with Crippen LogP contribution in [0.5, 0.6) is 0 Å². The van der Waals surface area contributed by atoms with Crippen LogP contribution in [0.2, 0.25) is 0 Å². The molecule has 0 aliphatic carbocycles. The highest BCUT2D eigenvalue weighted by atomic mass is 16.7. The zero-order valence-corrected chi connectivity index (χ0v) is 19.3. The summed E-state index contributed by atoms with van der Waals surface area (Å²) in [7, 11) is 0. The number of amides is 2. The quantitative estimate of drug-likeness (QED) is 0.156. The highest BCUT2D eigenvalue weighted by molar-refractivity contribution is 6.23. The maximum absolute atomic E-state index is 11.8. The predicted octanol–water partition coefficient (Wildman–Crippen LogP) is 6.46. The summed E-state index contributed by atoms with van der Waals surface area (Å²) in [4.78, 5) is 39.7. The second kappa shape index (κ2) is 9.80. The van der Waals surface area contributed by atoms with E-state index < -0.39 is 17.8 Å². The first-order valence-corrected chi connectivity index (χ1v) is 12.3. The summed E-state index contributed by atoms with van der Waals surface area (Å²) in [6, 6.07) is 20.0. The summed E-state index contributed by atoms with van der Waals surface area (Å²) in [6.07, 6.45) is 7.70. The average Bonchev–Trinajstić information content (AvgIpc) is 3.16. The third-order valence-electron chi connectivity index (χ3n) is 6.89. The number of carbonyl (C=O) groups excluding carboxylic acids is 3. The van der Waals surface area contributed by atoms with Crippen molar-refractivity contribution in [1.82, 2.24) is 5.06 Å². The van der Waals surface area contributed by atoms with Crippen LogP contribution in [0.1, 0.15) is 63.4 Å². The number of imide groups is 1. The third kappa shape index (κ3) is 4.47. The van der Waals surface area contributed by atoms with Gasteiger partial charge in [0.2, 0.25) is 0 Å². The first-order chi connectivity index (χ1) is 16.6. The molecule has 0 spiro atoms. The van der Waals surface area contributed by atoms with E-state index in [0.717, 1.165) is 38.5 Å². The molecule has 0 saturated carbocycles. The molecule has 1 fully saturated rings. The minimum absolute atomic E-state index is 0.126. The summed E-state index contributed by atoms with van der Waals surface area (Å²) in [6.45, 7) is 0.